The second-order valence-electron chi connectivity index (χ2n) is 6.71. The molecule has 1 aromatic carbocycles. The van der Waals surface area contributed by atoms with Crippen LogP contribution in [0.2, 0.25) is 0 Å². The molecular weight excluding hydrogens is 262 g/mol. The lowest BCUT2D eigenvalue weighted by Crippen LogP contribution is -2.30. The van der Waals surface area contributed by atoms with Crippen molar-refractivity contribution in [2.24, 2.45) is 5.92 Å². The van der Waals surface area contributed by atoms with Gasteiger partial charge in [-0.15, -0.1) is 0 Å². The van der Waals surface area contributed by atoms with Gasteiger partial charge in [0.2, 0.25) is 0 Å². The molecule has 114 valence electrons. The molecule has 3 rings (SSSR count). The molecule has 3 heteroatoms. The van der Waals surface area contributed by atoms with Crippen LogP contribution < -0.4 is 0 Å². The number of aliphatic carboxylic acids is 1. The van der Waals surface area contributed by atoms with Crippen molar-refractivity contribution in [2.75, 3.05) is 13.1 Å². The van der Waals surface area contributed by atoms with E-state index in [0.717, 1.165) is 25.9 Å². The number of hydrogen-bond acceptors (Lipinski definition) is 2. The minimum atomic E-state index is -0.662. The number of hydrogen-bond donors (Lipinski definition) is 1. The van der Waals surface area contributed by atoms with E-state index in [1.807, 2.05) is 0 Å². The number of carbonyl (C=O) groups is 1. The van der Waals surface area contributed by atoms with E-state index in [-0.39, 0.29) is 0 Å². The quantitative estimate of drug-likeness (QED) is 0.915. The molecular formula is C18H25NO2. The minimum Gasteiger partial charge on any atom is -0.481 e. The van der Waals surface area contributed by atoms with Crippen molar-refractivity contribution in [3.8, 4) is 0 Å². The summed E-state index contributed by atoms with van der Waals surface area (Å²) >= 11 is 0. The second-order valence-corrected chi connectivity index (χ2v) is 6.71. The van der Waals surface area contributed by atoms with Crippen LogP contribution in [0.25, 0.3) is 0 Å². The standard InChI is InChI=1S/C18H25NO2/c1-13-6-8-17(16-5-3-2-4-15(13)16)19-11-10-14(12-19)7-9-18(20)21/h2-5,13-14,17H,6-12H2,1H3,(H,20,21). The third-order valence-corrected chi connectivity index (χ3v) is 5.28. The number of nitrogens with zero attached hydrogens (tertiary/aromatic N) is 1. The molecule has 3 nitrogen and oxygen atoms in total. The molecule has 0 saturated carbocycles. The zero-order valence-electron chi connectivity index (χ0n) is 12.8. The van der Waals surface area contributed by atoms with Gasteiger partial charge in [-0.2, -0.15) is 0 Å². The summed E-state index contributed by atoms with van der Waals surface area (Å²) in [7, 11) is 0. The molecule has 3 unspecified atom stereocenters. The van der Waals surface area contributed by atoms with E-state index >= 15 is 0 Å². The van der Waals surface area contributed by atoms with E-state index in [4.69, 9.17) is 5.11 Å². The predicted molar refractivity (Wildman–Crippen MR) is 83.4 cm³/mol. The lowest BCUT2D eigenvalue weighted by atomic mass is 9.80. The Morgan fingerprint density at radius 3 is 2.76 bits per heavy atom. The second kappa shape index (κ2) is 6.18. The van der Waals surface area contributed by atoms with Crippen molar-refractivity contribution in [1.29, 1.82) is 0 Å². The van der Waals surface area contributed by atoms with Crippen LogP contribution in [0.5, 0.6) is 0 Å². The summed E-state index contributed by atoms with van der Waals surface area (Å²) < 4.78 is 0. The molecule has 0 radical (unpaired) electrons. The maximum Gasteiger partial charge on any atom is 0.303 e. The van der Waals surface area contributed by atoms with Gasteiger partial charge in [0, 0.05) is 19.0 Å². The average molecular weight is 287 g/mol. The van der Waals surface area contributed by atoms with E-state index in [0.29, 0.717) is 24.3 Å². The Morgan fingerprint density at radius 1 is 1.24 bits per heavy atom. The summed E-state index contributed by atoms with van der Waals surface area (Å²) in [6, 6.07) is 9.43. The number of benzene rings is 1. The van der Waals surface area contributed by atoms with Crippen LogP contribution >= 0.6 is 0 Å². The topological polar surface area (TPSA) is 40.5 Å². The number of likely N-dealkylation sites (tertiary alicyclic amines) is 1. The molecule has 3 atom stereocenters. The zero-order valence-corrected chi connectivity index (χ0v) is 12.8. The van der Waals surface area contributed by atoms with Gasteiger partial charge in [-0.05, 0) is 55.2 Å². The van der Waals surface area contributed by atoms with E-state index in [1.165, 1.54) is 24.0 Å². The Hall–Kier alpha value is -1.35. The van der Waals surface area contributed by atoms with Crippen molar-refractivity contribution < 1.29 is 9.90 Å². The van der Waals surface area contributed by atoms with Gasteiger partial charge in [0.1, 0.15) is 0 Å². The highest BCUT2D eigenvalue weighted by atomic mass is 16.4. The van der Waals surface area contributed by atoms with E-state index in [1.54, 1.807) is 0 Å². The third kappa shape index (κ3) is 3.13. The molecule has 1 aliphatic carbocycles. The summed E-state index contributed by atoms with van der Waals surface area (Å²) in [4.78, 5) is 13.3. The molecule has 1 heterocycles. The zero-order chi connectivity index (χ0) is 14.8. The number of carboxylic acid groups (broad SMARTS) is 1. The predicted octanol–water partition coefficient (Wildman–Crippen LogP) is 3.81. The Kier molecular flexibility index (Phi) is 4.29. The van der Waals surface area contributed by atoms with E-state index in [2.05, 4.69) is 36.1 Å². The van der Waals surface area contributed by atoms with Crippen molar-refractivity contribution in [2.45, 2.75) is 51.0 Å². The summed E-state index contributed by atoms with van der Waals surface area (Å²) in [6.45, 7) is 4.52. The highest BCUT2D eigenvalue weighted by Gasteiger charge is 2.33. The maximum absolute atomic E-state index is 10.7. The van der Waals surface area contributed by atoms with Crippen LogP contribution in [0.4, 0.5) is 0 Å². The number of fused-ring (bicyclic) bond motifs is 1. The smallest absolute Gasteiger partial charge is 0.303 e. The lowest BCUT2D eigenvalue weighted by Gasteiger charge is -2.36. The summed E-state index contributed by atoms with van der Waals surface area (Å²) in [5.41, 5.74) is 3.03. The fourth-order valence-corrected chi connectivity index (χ4v) is 4.07. The van der Waals surface area contributed by atoms with Crippen molar-refractivity contribution in [3.05, 3.63) is 35.4 Å². The van der Waals surface area contributed by atoms with E-state index in [9.17, 15) is 4.79 Å². The Morgan fingerprint density at radius 2 is 2.00 bits per heavy atom. The van der Waals surface area contributed by atoms with Crippen molar-refractivity contribution >= 4 is 5.97 Å². The van der Waals surface area contributed by atoms with Crippen LogP contribution in [0.15, 0.2) is 24.3 Å². The maximum atomic E-state index is 10.7. The molecule has 1 fully saturated rings. The van der Waals surface area contributed by atoms with Crippen LogP contribution in [0, 0.1) is 5.92 Å². The van der Waals surface area contributed by atoms with Crippen molar-refractivity contribution in [3.63, 3.8) is 0 Å². The minimum absolute atomic E-state index is 0.316. The Labute approximate surface area is 127 Å². The fourth-order valence-electron chi connectivity index (χ4n) is 4.07. The first-order chi connectivity index (χ1) is 10.1. The van der Waals surface area contributed by atoms with Gasteiger partial charge < -0.3 is 5.11 Å². The molecule has 1 aromatic rings. The van der Waals surface area contributed by atoms with Gasteiger partial charge in [-0.3, -0.25) is 9.69 Å². The summed E-state index contributed by atoms with van der Waals surface area (Å²) in [5.74, 6) is 0.570. The monoisotopic (exact) mass is 287 g/mol. The van der Waals surface area contributed by atoms with Crippen LogP contribution in [-0.4, -0.2) is 29.1 Å². The van der Waals surface area contributed by atoms with Crippen LogP contribution in [0.1, 0.15) is 62.1 Å². The summed E-state index contributed by atoms with van der Waals surface area (Å²) in [6.07, 6.45) is 4.80. The molecule has 0 spiro atoms. The Bertz CT molecular complexity index is 514. The molecule has 1 N–H and O–H groups in total. The first kappa shape index (κ1) is 14.6. The molecule has 1 aliphatic heterocycles. The molecule has 0 aromatic heterocycles. The molecule has 21 heavy (non-hydrogen) atoms. The van der Waals surface area contributed by atoms with Gasteiger partial charge in [0.15, 0.2) is 0 Å². The number of carboxylic acids is 1. The largest absolute Gasteiger partial charge is 0.481 e. The van der Waals surface area contributed by atoms with E-state index < -0.39 is 5.97 Å². The third-order valence-electron chi connectivity index (χ3n) is 5.28. The van der Waals surface area contributed by atoms with Gasteiger partial charge in [-0.1, -0.05) is 31.2 Å². The molecule has 2 aliphatic rings. The van der Waals surface area contributed by atoms with Gasteiger partial charge in [0.25, 0.3) is 0 Å². The first-order valence-electron chi connectivity index (χ1n) is 8.20. The molecule has 0 bridgehead atoms. The number of rotatable bonds is 4. The molecule has 1 saturated heterocycles. The summed E-state index contributed by atoms with van der Waals surface area (Å²) in [5, 5.41) is 8.83. The lowest BCUT2D eigenvalue weighted by molar-refractivity contribution is -0.137. The Balaban J connectivity index is 1.68. The van der Waals surface area contributed by atoms with Crippen LogP contribution in [-0.2, 0) is 4.79 Å². The molecule has 0 amide bonds. The normalized spacial score (nSPS) is 29.3. The van der Waals surface area contributed by atoms with Crippen molar-refractivity contribution in [1.82, 2.24) is 4.90 Å². The van der Waals surface area contributed by atoms with Gasteiger partial charge in [-0.25, -0.2) is 0 Å². The van der Waals surface area contributed by atoms with Gasteiger partial charge in [0.05, 0.1) is 0 Å². The average Bonchev–Trinajstić information content (AvgIpc) is 2.94. The van der Waals surface area contributed by atoms with Gasteiger partial charge >= 0.3 is 5.97 Å². The SMILES string of the molecule is CC1CCC(N2CCC(CCC(=O)O)C2)c2ccccc21. The highest BCUT2D eigenvalue weighted by Crippen LogP contribution is 2.42. The highest BCUT2D eigenvalue weighted by molar-refractivity contribution is 5.66. The first-order valence-corrected chi connectivity index (χ1v) is 8.20. The van der Waals surface area contributed by atoms with Crippen LogP contribution in [0.3, 0.4) is 0 Å². The fraction of sp³-hybridized carbons (Fsp3) is 0.611.